The van der Waals surface area contributed by atoms with Crippen LogP contribution in [0.15, 0.2) is 46.6 Å². The molecule has 1 amide bonds. The third kappa shape index (κ3) is 4.55. The standard InChI is InChI=1S/C22H26FN7O/c1-25-11-16(9-24)15-6-13(7-17(23)8-15)10-26-22(31)19-18-21(28-12-27-19)30-20(29-18)14-4-2-3-5-14/h7-9,11-12,14-15H,2-6,10,24H2,1H3,(H,26,31)(H,27,28,29,30). The van der Waals surface area contributed by atoms with Gasteiger partial charge in [-0.2, -0.15) is 0 Å². The molecule has 2 aromatic rings. The number of carbonyl (C=O) groups excluding carboxylic acids is 1. The van der Waals surface area contributed by atoms with Gasteiger partial charge in [0.1, 0.15) is 23.5 Å². The van der Waals surface area contributed by atoms with Crippen LogP contribution in [0.25, 0.3) is 11.2 Å². The minimum absolute atomic E-state index is 0.201. The Balaban J connectivity index is 1.47. The zero-order chi connectivity index (χ0) is 21.8. The highest BCUT2D eigenvalue weighted by molar-refractivity contribution is 6.02. The van der Waals surface area contributed by atoms with Crippen molar-refractivity contribution in [1.82, 2.24) is 25.3 Å². The van der Waals surface area contributed by atoms with Crippen LogP contribution in [-0.4, -0.2) is 45.7 Å². The number of H-pyrrole nitrogens is 1. The number of aliphatic imine (C=N–C) groups is 1. The van der Waals surface area contributed by atoms with Crippen molar-refractivity contribution in [2.75, 3.05) is 13.6 Å². The molecule has 4 rings (SSSR count). The summed E-state index contributed by atoms with van der Waals surface area (Å²) >= 11 is 0. The molecule has 8 nitrogen and oxygen atoms in total. The van der Waals surface area contributed by atoms with Crippen LogP contribution < -0.4 is 11.1 Å². The predicted molar refractivity (Wildman–Crippen MR) is 117 cm³/mol. The molecular formula is C22H26FN7O. The Bertz CT molecular complexity index is 1090. The molecule has 0 saturated heterocycles. The molecule has 31 heavy (non-hydrogen) atoms. The first-order chi connectivity index (χ1) is 15.1. The number of imidazole rings is 1. The smallest absolute Gasteiger partial charge is 0.272 e. The second kappa shape index (κ2) is 9.20. The summed E-state index contributed by atoms with van der Waals surface area (Å²) in [4.78, 5) is 33.0. The average Bonchev–Trinajstić information content (AvgIpc) is 3.44. The van der Waals surface area contributed by atoms with E-state index in [2.05, 4.69) is 30.2 Å². The van der Waals surface area contributed by atoms with Crippen LogP contribution in [0, 0.1) is 5.92 Å². The molecule has 0 aliphatic heterocycles. The van der Waals surface area contributed by atoms with Crippen molar-refractivity contribution in [3.63, 3.8) is 0 Å². The van der Waals surface area contributed by atoms with Crippen molar-refractivity contribution in [1.29, 1.82) is 0 Å². The van der Waals surface area contributed by atoms with E-state index in [1.54, 1.807) is 13.3 Å². The lowest BCUT2D eigenvalue weighted by atomic mass is 9.88. The van der Waals surface area contributed by atoms with Crippen molar-refractivity contribution in [3.05, 3.63) is 53.2 Å². The predicted octanol–water partition coefficient (Wildman–Crippen LogP) is 3.08. The van der Waals surface area contributed by atoms with Gasteiger partial charge in [0, 0.05) is 31.6 Å². The zero-order valence-corrected chi connectivity index (χ0v) is 17.4. The van der Waals surface area contributed by atoms with Gasteiger partial charge in [0.25, 0.3) is 5.91 Å². The van der Waals surface area contributed by atoms with Gasteiger partial charge in [0.15, 0.2) is 11.3 Å². The number of nitrogens with two attached hydrogens (primary N) is 1. The number of carbonyl (C=O) groups is 1. The fourth-order valence-corrected chi connectivity index (χ4v) is 4.27. The number of hydrogen-bond donors (Lipinski definition) is 3. The SMILES string of the molecule is CN=CC(=CN)C1C=C(F)C=C(CNC(=O)c2ncnc3nc(C4CCCC4)[nH]c23)C1. The van der Waals surface area contributed by atoms with E-state index >= 15 is 0 Å². The molecule has 9 heteroatoms. The first kappa shape index (κ1) is 20.9. The highest BCUT2D eigenvalue weighted by atomic mass is 19.1. The summed E-state index contributed by atoms with van der Waals surface area (Å²) < 4.78 is 14.2. The minimum atomic E-state index is -0.358. The molecule has 2 aliphatic rings. The molecule has 1 saturated carbocycles. The Morgan fingerprint density at radius 2 is 2.19 bits per heavy atom. The second-order valence-electron chi connectivity index (χ2n) is 7.93. The number of amides is 1. The van der Waals surface area contributed by atoms with E-state index in [4.69, 9.17) is 5.73 Å². The van der Waals surface area contributed by atoms with Gasteiger partial charge in [0.2, 0.25) is 0 Å². The van der Waals surface area contributed by atoms with E-state index in [0.717, 1.165) is 29.8 Å². The Hall–Kier alpha value is -3.36. The molecule has 162 valence electrons. The zero-order valence-electron chi connectivity index (χ0n) is 17.4. The molecule has 1 atom stereocenters. The van der Waals surface area contributed by atoms with E-state index in [1.807, 2.05) is 0 Å². The summed E-state index contributed by atoms with van der Waals surface area (Å²) in [5, 5.41) is 2.85. The number of fused-ring (bicyclic) bond motifs is 1. The van der Waals surface area contributed by atoms with E-state index in [1.165, 1.54) is 37.5 Å². The monoisotopic (exact) mass is 423 g/mol. The van der Waals surface area contributed by atoms with Gasteiger partial charge in [-0.05, 0) is 48.8 Å². The van der Waals surface area contributed by atoms with E-state index in [-0.39, 0.29) is 29.9 Å². The number of nitrogens with zero attached hydrogens (tertiary/aromatic N) is 4. The molecular weight excluding hydrogens is 397 g/mol. The summed E-state index contributed by atoms with van der Waals surface area (Å²) in [7, 11) is 1.64. The van der Waals surface area contributed by atoms with Crippen molar-refractivity contribution in [2.45, 2.75) is 38.0 Å². The van der Waals surface area contributed by atoms with E-state index in [0.29, 0.717) is 23.5 Å². The van der Waals surface area contributed by atoms with Gasteiger partial charge in [-0.3, -0.25) is 9.79 Å². The van der Waals surface area contributed by atoms with Crippen LogP contribution >= 0.6 is 0 Å². The van der Waals surface area contributed by atoms with Crippen molar-refractivity contribution < 1.29 is 9.18 Å². The number of aromatic nitrogens is 4. The van der Waals surface area contributed by atoms with Crippen LogP contribution in [0.1, 0.15) is 54.3 Å². The van der Waals surface area contributed by atoms with Crippen molar-refractivity contribution >= 4 is 23.3 Å². The van der Waals surface area contributed by atoms with Crippen LogP contribution in [0.5, 0.6) is 0 Å². The first-order valence-electron chi connectivity index (χ1n) is 10.5. The lowest BCUT2D eigenvalue weighted by molar-refractivity contribution is 0.0953. The first-order valence-corrected chi connectivity index (χ1v) is 10.5. The van der Waals surface area contributed by atoms with E-state index in [9.17, 15) is 9.18 Å². The quantitative estimate of drug-likeness (QED) is 0.617. The molecule has 4 N–H and O–H groups in total. The van der Waals surface area contributed by atoms with Gasteiger partial charge >= 0.3 is 0 Å². The maximum atomic E-state index is 14.2. The summed E-state index contributed by atoms with van der Waals surface area (Å²) in [6.45, 7) is 0.201. The number of aromatic amines is 1. The largest absolute Gasteiger partial charge is 0.404 e. The van der Waals surface area contributed by atoms with Crippen molar-refractivity contribution in [3.8, 4) is 0 Å². The average molecular weight is 423 g/mol. The van der Waals surface area contributed by atoms with Crippen LogP contribution in [0.2, 0.25) is 0 Å². The summed E-state index contributed by atoms with van der Waals surface area (Å²) in [6.07, 6.45) is 12.4. The van der Waals surface area contributed by atoms with E-state index < -0.39 is 0 Å². The molecule has 2 aromatic heterocycles. The fraction of sp³-hybridized carbons (Fsp3) is 0.409. The lowest BCUT2D eigenvalue weighted by Crippen LogP contribution is -2.28. The molecule has 1 fully saturated rings. The van der Waals surface area contributed by atoms with Gasteiger partial charge < -0.3 is 16.0 Å². The maximum Gasteiger partial charge on any atom is 0.272 e. The molecule has 0 spiro atoms. The number of hydrogen-bond acceptors (Lipinski definition) is 6. The number of allylic oxidation sites excluding steroid dienone is 4. The minimum Gasteiger partial charge on any atom is -0.404 e. The topological polar surface area (TPSA) is 122 Å². The number of rotatable bonds is 6. The highest BCUT2D eigenvalue weighted by Gasteiger charge is 2.24. The fourth-order valence-electron chi connectivity index (χ4n) is 4.27. The summed E-state index contributed by atoms with van der Waals surface area (Å²) in [6, 6.07) is 0. The summed E-state index contributed by atoms with van der Waals surface area (Å²) in [5.74, 6) is 0.305. The number of nitrogens with one attached hydrogen (secondary N) is 2. The molecule has 2 aliphatic carbocycles. The Morgan fingerprint density at radius 1 is 1.39 bits per heavy atom. The van der Waals surface area contributed by atoms with Gasteiger partial charge in [-0.15, -0.1) is 0 Å². The second-order valence-corrected chi connectivity index (χ2v) is 7.93. The summed E-state index contributed by atoms with van der Waals surface area (Å²) in [5.41, 5.74) is 8.41. The molecule has 2 heterocycles. The van der Waals surface area contributed by atoms with Crippen LogP contribution in [0.4, 0.5) is 4.39 Å². The maximum absolute atomic E-state index is 14.2. The Morgan fingerprint density at radius 3 is 2.94 bits per heavy atom. The van der Waals surface area contributed by atoms with Crippen molar-refractivity contribution in [2.24, 2.45) is 16.6 Å². The van der Waals surface area contributed by atoms with Crippen LogP contribution in [-0.2, 0) is 0 Å². The molecule has 1 unspecified atom stereocenters. The van der Waals surface area contributed by atoms with Gasteiger partial charge in [-0.25, -0.2) is 19.3 Å². The number of halogens is 1. The molecule has 0 radical (unpaired) electrons. The van der Waals surface area contributed by atoms with Gasteiger partial charge in [0.05, 0.1) is 0 Å². The van der Waals surface area contributed by atoms with Crippen LogP contribution in [0.3, 0.4) is 0 Å². The molecule has 0 aromatic carbocycles. The third-order valence-corrected chi connectivity index (χ3v) is 5.82. The Kier molecular flexibility index (Phi) is 6.20. The highest BCUT2D eigenvalue weighted by Crippen LogP contribution is 2.33. The molecule has 0 bridgehead atoms. The lowest BCUT2D eigenvalue weighted by Gasteiger charge is -2.20. The Labute approximate surface area is 179 Å². The normalized spacial score (nSPS) is 20.3. The third-order valence-electron chi connectivity index (χ3n) is 5.82. The van der Waals surface area contributed by atoms with Gasteiger partial charge in [-0.1, -0.05) is 12.8 Å².